The maximum atomic E-state index is 12.3. The highest BCUT2D eigenvalue weighted by atomic mass is 16.2. The summed E-state index contributed by atoms with van der Waals surface area (Å²) in [4.78, 5) is 16.6. The van der Waals surface area contributed by atoms with Crippen molar-refractivity contribution in [2.45, 2.75) is 46.5 Å². The van der Waals surface area contributed by atoms with Gasteiger partial charge in [0, 0.05) is 11.1 Å². The Morgan fingerprint density at radius 1 is 1.33 bits per heavy atom. The van der Waals surface area contributed by atoms with Crippen LogP contribution in [0.25, 0.3) is 0 Å². The van der Waals surface area contributed by atoms with E-state index in [2.05, 4.69) is 27.4 Å². The van der Waals surface area contributed by atoms with E-state index in [1.165, 1.54) is 0 Å². The second-order valence-corrected chi connectivity index (χ2v) is 6.17. The van der Waals surface area contributed by atoms with Crippen molar-refractivity contribution in [2.24, 2.45) is 0 Å². The van der Waals surface area contributed by atoms with Gasteiger partial charge in [-0.1, -0.05) is 45.9 Å². The molecular weight excluding hydrogens is 264 g/mol. The summed E-state index contributed by atoms with van der Waals surface area (Å²) >= 11 is 0. The highest BCUT2D eigenvalue weighted by Crippen LogP contribution is 2.22. The first-order valence-electron chi connectivity index (χ1n) is 7.15. The number of aryl methyl sites for hydroxylation is 2. The van der Waals surface area contributed by atoms with Gasteiger partial charge in [-0.25, -0.2) is 4.98 Å². The normalized spacial score (nSPS) is 11.5. The molecule has 1 aromatic carbocycles. The number of hydrogen-bond acceptors (Lipinski definition) is 3. The van der Waals surface area contributed by atoms with Crippen molar-refractivity contribution in [2.75, 3.05) is 5.32 Å². The third kappa shape index (κ3) is 3.29. The molecule has 1 aromatic heterocycles. The summed E-state index contributed by atoms with van der Waals surface area (Å²) in [5.41, 5.74) is 2.83. The maximum absolute atomic E-state index is 12.3. The molecule has 1 heterocycles. The Balaban J connectivity index is 2.25. The van der Waals surface area contributed by atoms with Crippen LogP contribution in [0.3, 0.4) is 0 Å². The number of nitrogens with zero attached hydrogens (tertiary/aromatic N) is 2. The number of benzene rings is 1. The number of aromatic amines is 1. The number of anilines is 1. The third-order valence-electron chi connectivity index (χ3n) is 3.38. The lowest BCUT2D eigenvalue weighted by Crippen LogP contribution is -2.17. The molecule has 1 amide bonds. The molecule has 0 atom stereocenters. The largest absolute Gasteiger partial charge is 0.319 e. The predicted molar refractivity (Wildman–Crippen MR) is 83.6 cm³/mol. The Morgan fingerprint density at radius 3 is 2.62 bits per heavy atom. The number of hydrogen-bond donors (Lipinski definition) is 2. The Bertz CT molecular complexity index is 653. The number of aromatic nitrogens is 3. The highest BCUT2D eigenvalue weighted by molar-refractivity contribution is 6.02. The third-order valence-corrected chi connectivity index (χ3v) is 3.38. The second-order valence-electron chi connectivity index (χ2n) is 6.17. The lowest BCUT2D eigenvalue weighted by Gasteiger charge is -2.13. The minimum Gasteiger partial charge on any atom is -0.319 e. The van der Waals surface area contributed by atoms with Gasteiger partial charge in [0.1, 0.15) is 5.82 Å². The van der Waals surface area contributed by atoms with E-state index in [4.69, 9.17) is 0 Å². The van der Waals surface area contributed by atoms with Crippen LogP contribution in [-0.2, 0) is 11.8 Å². The summed E-state index contributed by atoms with van der Waals surface area (Å²) in [6.07, 6.45) is 0.860. The van der Waals surface area contributed by atoms with Gasteiger partial charge in [-0.15, -0.1) is 5.10 Å². The Kier molecular flexibility index (Phi) is 4.11. The Hall–Kier alpha value is -2.17. The van der Waals surface area contributed by atoms with Crippen LogP contribution in [0.1, 0.15) is 55.3 Å². The van der Waals surface area contributed by atoms with Gasteiger partial charge < -0.3 is 5.32 Å². The van der Waals surface area contributed by atoms with Crippen LogP contribution in [0.5, 0.6) is 0 Å². The monoisotopic (exact) mass is 286 g/mol. The molecule has 0 aliphatic rings. The van der Waals surface area contributed by atoms with Crippen molar-refractivity contribution in [1.29, 1.82) is 0 Å². The number of amides is 1. The molecule has 0 saturated carbocycles. The minimum absolute atomic E-state index is 0.164. The van der Waals surface area contributed by atoms with E-state index in [-0.39, 0.29) is 17.1 Å². The van der Waals surface area contributed by atoms with Crippen LogP contribution in [0.15, 0.2) is 18.2 Å². The fourth-order valence-electron chi connectivity index (χ4n) is 2.07. The van der Waals surface area contributed by atoms with Crippen LogP contribution in [0, 0.1) is 6.92 Å². The van der Waals surface area contributed by atoms with E-state index in [9.17, 15) is 4.79 Å². The van der Waals surface area contributed by atoms with Crippen molar-refractivity contribution in [3.05, 3.63) is 41.0 Å². The molecule has 2 rings (SSSR count). The molecule has 0 saturated heterocycles. The van der Waals surface area contributed by atoms with Gasteiger partial charge >= 0.3 is 0 Å². The van der Waals surface area contributed by atoms with Gasteiger partial charge in [-0.3, -0.25) is 9.89 Å². The molecule has 0 aliphatic heterocycles. The van der Waals surface area contributed by atoms with E-state index in [1.807, 2.05) is 45.9 Å². The molecule has 2 aromatic rings. The topological polar surface area (TPSA) is 70.7 Å². The smallest absolute Gasteiger partial charge is 0.295 e. The van der Waals surface area contributed by atoms with Gasteiger partial charge in [0.05, 0.1) is 0 Å². The molecule has 0 fully saturated rings. The first kappa shape index (κ1) is 15.2. The van der Waals surface area contributed by atoms with Crippen LogP contribution < -0.4 is 5.32 Å². The van der Waals surface area contributed by atoms with Crippen molar-refractivity contribution in [1.82, 2.24) is 15.2 Å². The number of H-pyrrole nitrogens is 1. The molecule has 2 N–H and O–H groups in total. The average Bonchev–Trinajstić information content (AvgIpc) is 2.90. The maximum Gasteiger partial charge on any atom is 0.295 e. The second kappa shape index (κ2) is 5.68. The zero-order valence-corrected chi connectivity index (χ0v) is 13.2. The number of carbonyl (C=O) groups is 1. The van der Waals surface area contributed by atoms with Crippen molar-refractivity contribution < 1.29 is 4.79 Å². The van der Waals surface area contributed by atoms with Crippen LogP contribution in [0.4, 0.5) is 5.69 Å². The molecule has 0 aliphatic carbocycles. The highest BCUT2D eigenvalue weighted by Gasteiger charge is 2.21. The summed E-state index contributed by atoms with van der Waals surface area (Å²) in [7, 11) is 0. The minimum atomic E-state index is -0.286. The molecule has 21 heavy (non-hydrogen) atoms. The predicted octanol–water partition coefficient (Wildman–Crippen LogP) is 3.23. The summed E-state index contributed by atoms with van der Waals surface area (Å²) < 4.78 is 0. The lowest BCUT2D eigenvalue weighted by atomic mass is 9.96. The molecule has 112 valence electrons. The van der Waals surface area contributed by atoms with Crippen molar-refractivity contribution in [3.63, 3.8) is 0 Å². The van der Waals surface area contributed by atoms with E-state index in [0.29, 0.717) is 5.82 Å². The van der Waals surface area contributed by atoms with Gasteiger partial charge in [0.15, 0.2) is 0 Å². The van der Waals surface area contributed by atoms with Crippen LogP contribution in [-0.4, -0.2) is 21.1 Å². The van der Waals surface area contributed by atoms with E-state index >= 15 is 0 Å². The molecule has 5 nitrogen and oxygen atoms in total. The summed E-state index contributed by atoms with van der Waals surface area (Å²) in [5.74, 6) is 0.587. The first-order chi connectivity index (χ1) is 9.82. The number of para-hydroxylation sites is 1. The summed E-state index contributed by atoms with van der Waals surface area (Å²) in [5, 5.41) is 9.78. The molecule has 0 spiro atoms. The molecular formula is C16H22N4O. The zero-order chi connectivity index (χ0) is 15.6. The standard InChI is InChI=1S/C16H22N4O/c1-6-11-9-7-8-10(2)12(11)17-14(21)13-18-15(20-19-13)16(3,4)5/h7-9H,6H2,1-5H3,(H,17,21)(H,18,19,20). The van der Waals surface area contributed by atoms with Gasteiger partial charge in [0.2, 0.25) is 5.82 Å². The van der Waals surface area contributed by atoms with E-state index in [1.54, 1.807) is 0 Å². The van der Waals surface area contributed by atoms with Crippen LogP contribution >= 0.6 is 0 Å². The quantitative estimate of drug-likeness (QED) is 0.910. The number of carbonyl (C=O) groups excluding carboxylic acids is 1. The fraction of sp³-hybridized carbons (Fsp3) is 0.438. The number of nitrogens with one attached hydrogen (secondary N) is 2. The van der Waals surface area contributed by atoms with Crippen molar-refractivity contribution in [3.8, 4) is 0 Å². The lowest BCUT2D eigenvalue weighted by molar-refractivity contribution is 0.101. The molecule has 5 heteroatoms. The zero-order valence-electron chi connectivity index (χ0n) is 13.2. The Labute approximate surface area is 125 Å². The number of rotatable bonds is 3. The first-order valence-corrected chi connectivity index (χ1v) is 7.15. The van der Waals surface area contributed by atoms with E-state index < -0.39 is 0 Å². The Morgan fingerprint density at radius 2 is 2.05 bits per heavy atom. The van der Waals surface area contributed by atoms with Crippen molar-refractivity contribution >= 4 is 11.6 Å². The molecule has 0 bridgehead atoms. The van der Waals surface area contributed by atoms with Gasteiger partial charge in [-0.2, -0.15) is 0 Å². The summed E-state index contributed by atoms with van der Waals surface area (Å²) in [6.45, 7) is 10.1. The van der Waals surface area contributed by atoms with Gasteiger partial charge in [0.25, 0.3) is 5.91 Å². The molecule has 0 radical (unpaired) electrons. The van der Waals surface area contributed by atoms with Gasteiger partial charge in [-0.05, 0) is 24.5 Å². The molecule has 0 unspecified atom stereocenters. The average molecular weight is 286 g/mol. The fourth-order valence-corrected chi connectivity index (χ4v) is 2.07. The van der Waals surface area contributed by atoms with E-state index in [0.717, 1.165) is 23.2 Å². The summed E-state index contributed by atoms with van der Waals surface area (Å²) in [6, 6.07) is 5.99. The van der Waals surface area contributed by atoms with Crippen LogP contribution in [0.2, 0.25) is 0 Å². The SMILES string of the molecule is CCc1cccc(C)c1NC(=O)c1n[nH]c(C(C)(C)C)n1.